The van der Waals surface area contributed by atoms with Crippen LogP contribution in [0.5, 0.6) is 0 Å². The third-order valence-electron chi connectivity index (χ3n) is 3.66. The molecule has 0 aromatic carbocycles. The Hall–Kier alpha value is -0.490. The van der Waals surface area contributed by atoms with Gasteiger partial charge in [-0.25, -0.2) is 0 Å². The van der Waals surface area contributed by atoms with Crippen LogP contribution in [0.25, 0.3) is 0 Å². The summed E-state index contributed by atoms with van der Waals surface area (Å²) in [4.78, 5) is 11.9. The third kappa shape index (κ3) is 10.1. The molecule has 4 atom stereocenters. The maximum absolute atomic E-state index is 11.9. The van der Waals surface area contributed by atoms with E-state index in [-0.39, 0.29) is 42.5 Å². The van der Waals surface area contributed by atoms with Crippen LogP contribution in [0.15, 0.2) is 0 Å². The summed E-state index contributed by atoms with van der Waals surface area (Å²) in [6.07, 6.45) is -1.12. The molecule has 0 saturated carbocycles. The number of ketones is 1. The van der Waals surface area contributed by atoms with Crippen molar-refractivity contribution in [3.05, 3.63) is 0 Å². The zero-order valence-electron chi connectivity index (χ0n) is 15.8. The van der Waals surface area contributed by atoms with Gasteiger partial charge in [0.05, 0.1) is 36.6 Å². The molecule has 0 aliphatic carbocycles. The molecule has 0 aliphatic rings. The lowest BCUT2D eigenvalue weighted by Crippen LogP contribution is -2.40. The molecule has 23 heavy (non-hydrogen) atoms. The van der Waals surface area contributed by atoms with Gasteiger partial charge in [0.1, 0.15) is 5.78 Å². The minimum absolute atomic E-state index is 0.00206. The number of aliphatic hydroxyl groups excluding tert-OH is 2. The van der Waals surface area contributed by atoms with E-state index in [1.54, 1.807) is 6.92 Å². The highest BCUT2D eigenvalue weighted by Crippen LogP contribution is 2.21. The fourth-order valence-electron chi connectivity index (χ4n) is 2.34. The fraction of sp³-hybridized carbons (Fsp3) is 0.944. The van der Waals surface area contributed by atoms with Gasteiger partial charge in [-0.15, -0.1) is 0 Å². The van der Waals surface area contributed by atoms with Gasteiger partial charge in [0.15, 0.2) is 0 Å². The molecular formula is C18H36O5. The van der Waals surface area contributed by atoms with E-state index < -0.39 is 12.2 Å². The Labute approximate surface area is 141 Å². The fourth-order valence-corrected chi connectivity index (χ4v) is 2.34. The van der Waals surface area contributed by atoms with Gasteiger partial charge < -0.3 is 19.7 Å². The van der Waals surface area contributed by atoms with E-state index in [2.05, 4.69) is 0 Å². The van der Waals surface area contributed by atoms with Crippen LogP contribution in [-0.4, -0.2) is 52.6 Å². The largest absolute Gasteiger partial charge is 0.391 e. The third-order valence-corrected chi connectivity index (χ3v) is 3.66. The normalized spacial score (nSPS) is 17.6. The Morgan fingerprint density at radius 1 is 0.870 bits per heavy atom. The van der Waals surface area contributed by atoms with Crippen molar-refractivity contribution in [1.29, 1.82) is 0 Å². The number of aliphatic hydroxyl groups is 2. The molecular weight excluding hydrogens is 296 g/mol. The van der Waals surface area contributed by atoms with E-state index >= 15 is 0 Å². The number of hydrogen-bond donors (Lipinski definition) is 2. The first-order valence-electron chi connectivity index (χ1n) is 8.74. The summed E-state index contributed by atoms with van der Waals surface area (Å²) in [6, 6.07) is 0. The molecule has 0 amide bonds. The summed E-state index contributed by atoms with van der Waals surface area (Å²) in [6.45, 7) is 13.1. The Balaban J connectivity index is 5.00. The van der Waals surface area contributed by atoms with Crippen molar-refractivity contribution in [2.24, 2.45) is 5.92 Å². The Kier molecular flexibility index (Phi) is 10.9. The summed E-state index contributed by atoms with van der Waals surface area (Å²) in [5.41, 5.74) is 0. The van der Waals surface area contributed by atoms with Crippen molar-refractivity contribution in [3.8, 4) is 0 Å². The SMILES string of the molecule is CC(C)OC(CCC(=O)C(C)C)C(CC(O)C(C)O)OC(C)C. The lowest BCUT2D eigenvalue weighted by Gasteiger charge is -2.32. The van der Waals surface area contributed by atoms with Crippen LogP contribution in [0, 0.1) is 5.92 Å². The van der Waals surface area contributed by atoms with Crippen LogP contribution in [0.3, 0.4) is 0 Å². The minimum Gasteiger partial charge on any atom is -0.391 e. The Morgan fingerprint density at radius 3 is 1.74 bits per heavy atom. The molecule has 0 saturated heterocycles. The zero-order valence-corrected chi connectivity index (χ0v) is 15.8. The highest BCUT2D eigenvalue weighted by molar-refractivity contribution is 5.80. The van der Waals surface area contributed by atoms with Crippen molar-refractivity contribution in [2.45, 2.75) is 104 Å². The highest BCUT2D eigenvalue weighted by atomic mass is 16.6. The van der Waals surface area contributed by atoms with Gasteiger partial charge in [0, 0.05) is 18.8 Å². The van der Waals surface area contributed by atoms with E-state index in [1.165, 1.54) is 0 Å². The molecule has 5 nitrogen and oxygen atoms in total. The molecule has 0 aromatic rings. The van der Waals surface area contributed by atoms with E-state index in [1.807, 2.05) is 41.5 Å². The van der Waals surface area contributed by atoms with Crippen molar-refractivity contribution in [3.63, 3.8) is 0 Å². The predicted octanol–water partition coefficient (Wildman–Crippen LogP) is 2.71. The first-order chi connectivity index (χ1) is 10.5. The van der Waals surface area contributed by atoms with Crippen molar-refractivity contribution >= 4 is 5.78 Å². The van der Waals surface area contributed by atoms with Gasteiger partial charge in [-0.2, -0.15) is 0 Å². The van der Waals surface area contributed by atoms with Gasteiger partial charge in [-0.3, -0.25) is 4.79 Å². The van der Waals surface area contributed by atoms with Gasteiger partial charge in [0.2, 0.25) is 0 Å². The van der Waals surface area contributed by atoms with Crippen LogP contribution in [0.2, 0.25) is 0 Å². The highest BCUT2D eigenvalue weighted by Gasteiger charge is 2.29. The van der Waals surface area contributed by atoms with Gasteiger partial charge in [0.25, 0.3) is 0 Å². The van der Waals surface area contributed by atoms with Crippen LogP contribution in [0.4, 0.5) is 0 Å². The molecule has 0 heterocycles. The zero-order chi connectivity index (χ0) is 18.2. The second kappa shape index (κ2) is 11.1. The number of hydrogen-bond acceptors (Lipinski definition) is 5. The first-order valence-corrected chi connectivity index (χ1v) is 8.74. The van der Waals surface area contributed by atoms with Gasteiger partial charge in [-0.1, -0.05) is 13.8 Å². The molecule has 2 N–H and O–H groups in total. The van der Waals surface area contributed by atoms with E-state index in [9.17, 15) is 15.0 Å². The Morgan fingerprint density at radius 2 is 1.35 bits per heavy atom. The van der Waals surface area contributed by atoms with E-state index in [4.69, 9.17) is 9.47 Å². The maximum atomic E-state index is 11.9. The summed E-state index contributed by atoms with van der Waals surface area (Å²) < 4.78 is 11.9. The second-order valence-corrected chi connectivity index (χ2v) is 7.15. The molecule has 0 rings (SSSR count). The minimum atomic E-state index is -0.877. The summed E-state index contributed by atoms with van der Waals surface area (Å²) in [7, 11) is 0. The van der Waals surface area contributed by atoms with Crippen molar-refractivity contribution < 1.29 is 24.5 Å². The second-order valence-electron chi connectivity index (χ2n) is 7.15. The first kappa shape index (κ1) is 22.5. The quantitative estimate of drug-likeness (QED) is 0.575. The maximum Gasteiger partial charge on any atom is 0.135 e. The van der Waals surface area contributed by atoms with Gasteiger partial charge in [-0.05, 0) is 41.0 Å². The standard InChI is InChI=1S/C18H36O5/c1-11(2)15(20)8-9-17(22-12(3)4)18(23-13(5)6)10-16(21)14(7)19/h11-14,16-19,21H,8-10H2,1-7H3. The molecule has 0 spiro atoms. The molecule has 138 valence electrons. The van der Waals surface area contributed by atoms with Crippen LogP contribution >= 0.6 is 0 Å². The molecule has 0 aromatic heterocycles. The lowest BCUT2D eigenvalue weighted by atomic mass is 9.96. The molecule has 0 bridgehead atoms. The van der Waals surface area contributed by atoms with Crippen LogP contribution in [-0.2, 0) is 14.3 Å². The summed E-state index contributed by atoms with van der Waals surface area (Å²) in [5, 5.41) is 19.6. The summed E-state index contributed by atoms with van der Waals surface area (Å²) in [5.74, 6) is 0.198. The topological polar surface area (TPSA) is 76.0 Å². The van der Waals surface area contributed by atoms with Crippen LogP contribution in [0.1, 0.15) is 67.7 Å². The number of Topliss-reactive ketones (excluding diaryl/α,β-unsaturated/α-hetero) is 1. The van der Waals surface area contributed by atoms with E-state index in [0.29, 0.717) is 12.8 Å². The average molecular weight is 332 g/mol. The van der Waals surface area contributed by atoms with Crippen molar-refractivity contribution in [1.82, 2.24) is 0 Å². The van der Waals surface area contributed by atoms with Crippen molar-refractivity contribution in [2.75, 3.05) is 0 Å². The van der Waals surface area contributed by atoms with E-state index in [0.717, 1.165) is 0 Å². The Bertz CT molecular complexity index is 325. The number of carbonyl (C=O) groups is 1. The predicted molar refractivity (Wildman–Crippen MR) is 91.4 cm³/mol. The molecule has 4 unspecified atom stereocenters. The average Bonchev–Trinajstić information content (AvgIpc) is 2.40. The smallest absolute Gasteiger partial charge is 0.135 e. The monoisotopic (exact) mass is 332 g/mol. The molecule has 0 aliphatic heterocycles. The summed E-state index contributed by atoms with van der Waals surface area (Å²) >= 11 is 0. The van der Waals surface area contributed by atoms with Gasteiger partial charge >= 0.3 is 0 Å². The lowest BCUT2D eigenvalue weighted by molar-refractivity contribution is -0.137. The van der Waals surface area contributed by atoms with Crippen LogP contribution < -0.4 is 0 Å². The number of carbonyl (C=O) groups excluding carboxylic acids is 1. The number of rotatable bonds is 12. The molecule has 0 fully saturated rings. The number of ether oxygens (including phenoxy) is 2. The molecule has 5 heteroatoms. The molecule has 0 radical (unpaired) electrons.